The van der Waals surface area contributed by atoms with E-state index >= 15 is 0 Å². The average molecular weight is 515 g/mol. The first-order valence-corrected chi connectivity index (χ1v) is 12.5. The van der Waals surface area contributed by atoms with E-state index in [-0.39, 0.29) is 5.92 Å². The largest absolute Gasteiger partial charge is 0.425 e. The molecule has 2 aromatic heterocycles. The summed E-state index contributed by atoms with van der Waals surface area (Å²) < 4.78 is 21.2. The summed E-state index contributed by atoms with van der Waals surface area (Å²) in [5.41, 5.74) is 1.58. The lowest BCUT2D eigenvalue weighted by Gasteiger charge is -2.31. The van der Waals surface area contributed by atoms with Crippen molar-refractivity contribution in [3.63, 3.8) is 0 Å². The Morgan fingerprint density at radius 2 is 1.49 bits per heavy atom. The van der Waals surface area contributed by atoms with Crippen LogP contribution >= 0.6 is 0 Å². The lowest BCUT2D eigenvalue weighted by molar-refractivity contribution is -0.168. The second-order valence-electron chi connectivity index (χ2n) is 9.18. The summed E-state index contributed by atoms with van der Waals surface area (Å²) in [6.45, 7) is 12.4. The van der Waals surface area contributed by atoms with E-state index in [1.165, 1.54) is 6.92 Å². The number of anilines is 3. The lowest BCUT2D eigenvalue weighted by atomic mass is 10.1. The number of carbonyl (C=O) groups excluding carboxylic acids is 2. The molecule has 2 fully saturated rings. The molecule has 0 radical (unpaired) electrons. The van der Waals surface area contributed by atoms with Gasteiger partial charge in [-0.1, -0.05) is 13.8 Å². The number of amides is 1. The average Bonchev–Trinajstić information content (AvgIpc) is 2.89. The van der Waals surface area contributed by atoms with Gasteiger partial charge < -0.3 is 28.7 Å². The molecule has 200 valence electrons. The number of hydrogen-bond acceptors (Lipinski definition) is 11. The van der Waals surface area contributed by atoms with E-state index < -0.39 is 18.4 Å². The molecule has 2 aliphatic heterocycles. The van der Waals surface area contributed by atoms with Gasteiger partial charge in [0, 0.05) is 50.9 Å². The van der Waals surface area contributed by atoms with Crippen LogP contribution in [0, 0.1) is 12.8 Å². The lowest BCUT2D eigenvalue weighted by Crippen LogP contribution is -2.39. The molecule has 2 aliphatic rings. The highest BCUT2D eigenvalue weighted by molar-refractivity contribution is 5.84. The summed E-state index contributed by atoms with van der Waals surface area (Å²) in [5, 5.41) is 2.57. The minimum atomic E-state index is -1.02. The van der Waals surface area contributed by atoms with Gasteiger partial charge >= 0.3 is 12.1 Å². The molecule has 12 heteroatoms. The number of aromatic nitrogens is 3. The van der Waals surface area contributed by atoms with Crippen LogP contribution in [0.5, 0.6) is 0 Å². The van der Waals surface area contributed by atoms with Crippen molar-refractivity contribution in [2.45, 2.75) is 34.0 Å². The van der Waals surface area contributed by atoms with Crippen molar-refractivity contribution in [3.8, 4) is 11.4 Å². The second-order valence-corrected chi connectivity index (χ2v) is 9.18. The Morgan fingerprint density at radius 1 is 0.919 bits per heavy atom. The molecule has 0 aromatic carbocycles. The summed E-state index contributed by atoms with van der Waals surface area (Å²) in [6, 6.07) is 3.74. The molecule has 2 saturated heterocycles. The number of nitrogens with zero attached hydrogens (tertiary/aromatic N) is 5. The van der Waals surface area contributed by atoms with E-state index in [0.29, 0.717) is 38.1 Å². The van der Waals surface area contributed by atoms with Crippen LogP contribution in [0.2, 0.25) is 0 Å². The second kappa shape index (κ2) is 12.2. The molecular weight excluding hydrogens is 480 g/mol. The zero-order valence-electron chi connectivity index (χ0n) is 21.7. The molecule has 2 aromatic rings. The molecule has 1 unspecified atom stereocenters. The van der Waals surface area contributed by atoms with Crippen molar-refractivity contribution >= 4 is 29.5 Å². The summed E-state index contributed by atoms with van der Waals surface area (Å²) >= 11 is 0. The van der Waals surface area contributed by atoms with Crippen LogP contribution in [0.4, 0.5) is 22.2 Å². The highest BCUT2D eigenvalue weighted by Crippen LogP contribution is 2.28. The monoisotopic (exact) mass is 514 g/mol. The predicted molar refractivity (Wildman–Crippen MR) is 137 cm³/mol. The van der Waals surface area contributed by atoms with Gasteiger partial charge in [0.2, 0.25) is 6.29 Å². The Morgan fingerprint density at radius 3 is 2.00 bits per heavy atom. The van der Waals surface area contributed by atoms with Gasteiger partial charge in [-0.3, -0.25) is 10.1 Å². The van der Waals surface area contributed by atoms with Gasteiger partial charge in [0.25, 0.3) is 0 Å². The van der Waals surface area contributed by atoms with Crippen LogP contribution in [-0.4, -0.2) is 85.9 Å². The number of hydrogen-bond donors (Lipinski definition) is 1. The molecule has 4 rings (SSSR count). The van der Waals surface area contributed by atoms with E-state index in [2.05, 4.69) is 20.1 Å². The number of morpholine rings is 2. The van der Waals surface area contributed by atoms with E-state index in [9.17, 15) is 9.59 Å². The Kier molecular flexibility index (Phi) is 8.72. The first-order valence-electron chi connectivity index (χ1n) is 12.5. The predicted octanol–water partition coefficient (Wildman–Crippen LogP) is 2.61. The fourth-order valence-electron chi connectivity index (χ4n) is 3.92. The topological polar surface area (TPSA) is 128 Å². The number of aryl methyl sites for hydroxylation is 1. The maximum absolute atomic E-state index is 12.3. The molecule has 1 N–H and O–H groups in total. The third-order valence-electron chi connectivity index (χ3n) is 5.98. The summed E-state index contributed by atoms with van der Waals surface area (Å²) in [6.07, 6.45) is -0.164. The minimum absolute atomic E-state index is 0.298. The maximum Gasteiger partial charge on any atom is 0.415 e. The molecule has 0 bridgehead atoms. The van der Waals surface area contributed by atoms with Crippen molar-refractivity contribution in [3.05, 3.63) is 23.9 Å². The van der Waals surface area contributed by atoms with E-state index in [1.54, 1.807) is 26.1 Å². The quantitative estimate of drug-likeness (QED) is 0.432. The summed E-state index contributed by atoms with van der Waals surface area (Å²) in [7, 11) is 0. The summed E-state index contributed by atoms with van der Waals surface area (Å²) in [4.78, 5) is 42.4. The first-order chi connectivity index (χ1) is 17.8. The number of rotatable bonds is 7. The van der Waals surface area contributed by atoms with Gasteiger partial charge in [-0.15, -0.1) is 0 Å². The number of pyridine rings is 1. The minimum Gasteiger partial charge on any atom is -0.425 e. The first kappa shape index (κ1) is 26.6. The smallest absolute Gasteiger partial charge is 0.415 e. The Bertz CT molecular complexity index is 1060. The van der Waals surface area contributed by atoms with Crippen molar-refractivity contribution in [1.29, 1.82) is 0 Å². The highest BCUT2D eigenvalue weighted by Gasteiger charge is 2.21. The highest BCUT2D eigenvalue weighted by atomic mass is 16.7. The molecule has 0 saturated carbocycles. The van der Waals surface area contributed by atoms with E-state index in [1.807, 2.05) is 13.0 Å². The third-order valence-corrected chi connectivity index (χ3v) is 5.98. The van der Waals surface area contributed by atoms with Crippen LogP contribution in [0.3, 0.4) is 0 Å². The van der Waals surface area contributed by atoms with Gasteiger partial charge in [0.05, 0.1) is 32.3 Å². The van der Waals surface area contributed by atoms with Gasteiger partial charge in [-0.25, -0.2) is 19.7 Å². The molecule has 12 nitrogen and oxygen atoms in total. The zero-order valence-corrected chi connectivity index (χ0v) is 21.7. The zero-order chi connectivity index (χ0) is 26.4. The number of esters is 1. The Labute approximate surface area is 216 Å². The Hall–Kier alpha value is -3.51. The number of nitrogens with one attached hydrogen (secondary N) is 1. The van der Waals surface area contributed by atoms with Crippen molar-refractivity contribution in [2.75, 3.05) is 67.7 Å². The van der Waals surface area contributed by atoms with Crippen molar-refractivity contribution < 1.29 is 28.5 Å². The van der Waals surface area contributed by atoms with Crippen LogP contribution < -0.4 is 15.1 Å². The molecule has 1 atom stereocenters. The van der Waals surface area contributed by atoms with Crippen LogP contribution in [0.15, 0.2) is 18.3 Å². The standard InChI is InChI=1S/C25H34N6O6/c1-16(2)24(32)36-18(4)37-25(33)27-20-13-17(3)19(15-26-20)23-28-21(30-5-9-34-10-6-30)14-22(29-23)31-7-11-35-12-8-31/h13-16,18H,5-12H2,1-4H3,(H,26,27,33). The molecule has 0 spiro atoms. The van der Waals surface area contributed by atoms with E-state index in [4.69, 9.17) is 28.9 Å². The number of ether oxygens (including phenoxy) is 4. The van der Waals surface area contributed by atoms with Crippen LogP contribution in [-0.2, 0) is 23.7 Å². The molecule has 37 heavy (non-hydrogen) atoms. The third kappa shape index (κ3) is 7.04. The van der Waals surface area contributed by atoms with Crippen molar-refractivity contribution in [1.82, 2.24) is 15.0 Å². The van der Waals surface area contributed by atoms with Gasteiger partial charge in [-0.2, -0.15) is 0 Å². The van der Waals surface area contributed by atoms with Crippen molar-refractivity contribution in [2.24, 2.45) is 5.92 Å². The van der Waals surface area contributed by atoms with E-state index in [0.717, 1.165) is 48.9 Å². The molecule has 1 amide bonds. The van der Waals surface area contributed by atoms with Gasteiger partial charge in [0.1, 0.15) is 17.5 Å². The molecule has 4 heterocycles. The SMILES string of the molecule is Cc1cc(NC(=O)OC(C)OC(=O)C(C)C)ncc1-c1nc(N2CCOCC2)cc(N2CCOCC2)n1. The fraction of sp³-hybridized carbons (Fsp3) is 0.560. The molecular formula is C25H34N6O6. The molecule has 0 aliphatic carbocycles. The van der Waals surface area contributed by atoms with Crippen LogP contribution in [0.25, 0.3) is 11.4 Å². The maximum atomic E-state index is 12.3. The summed E-state index contributed by atoms with van der Waals surface area (Å²) in [5.74, 6) is 1.76. The van der Waals surface area contributed by atoms with Crippen LogP contribution in [0.1, 0.15) is 26.3 Å². The number of carbonyl (C=O) groups is 2. The fourth-order valence-corrected chi connectivity index (χ4v) is 3.92. The Balaban J connectivity index is 1.52. The van der Waals surface area contributed by atoms with Gasteiger partial charge in [0.15, 0.2) is 5.82 Å². The normalized spacial score (nSPS) is 16.9. The van der Waals surface area contributed by atoms with Gasteiger partial charge in [-0.05, 0) is 18.6 Å².